The second-order valence-corrected chi connectivity index (χ2v) is 7.34. The average Bonchev–Trinajstić information content (AvgIpc) is 3.26. The molecule has 1 unspecified atom stereocenters. The maximum Gasteiger partial charge on any atom is 0.102 e. The van der Waals surface area contributed by atoms with Gasteiger partial charge in [-0.15, -0.1) is 11.3 Å². The fraction of sp³-hybridized carbons (Fsp3) is 0.316. The van der Waals surface area contributed by atoms with Gasteiger partial charge in [0.15, 0.2) is 0 Å². The molecule has 24 heavy (non-hydrogen) atoms. The van der Waals surface area contributed by atoms with Crippen LogP contribution in [-0.2, 0) is 18.6 Å². The molecule has 1 aliphatic carbocycles. The van der Waals surface area contributed by atoms with Crippen LogP contribution in [0, 0.1) is 0 Å². The summed E-state index contributed by atoms with van der Waals surface area (Å²) in [5, 5.41) is 23.9. The van der Waals surface area contributed by atoms with E-state index in [0.717, 1.165) is 36.1 Å². The summed E-state index contributed by atoms with van der Waals surface area (Å²) < 4.78 is 0. The van der Waals surface area contributed by atoms with Crippen molar-refractivity contribution in [1.29, 1.82) is 0 Å². The summed E-state index contributed by atoms with van der Waals surface area (Å²) in [6.45, 7) is 1.24. The first-order valence-corrected chi connectivity index (χ1v) is 9.22. The summed E-state index contributed by atoms with van der Waals surface area (Å²) in [6, 6.07) is 12.4. The number of aliphatic hydroxyl groups is 1. The van der Waals surface area contributed by atoms with Gasteiger partial charge in [-0.05, 0) is 41.8 Å². The van der Waals surface area contributed by atoms with Crippen molar-refractivity contribution >= 4 is 11.3 Å². The first kappa shape index (κ1) is 15.6. The monoisotopic (exact) mass is 339 g/mol. The zero-order valence-electron chi connectivity index (χ0n) is 13.5. The Morgan fingerprint density at radius 3 is 3.04 bits per heavy atom. The summed E-state index contributed by atoms with van der Waals surface area (Å²) in [6.07, 6.45) is 4.76. The molecule has 0 spiro atoms. The highest BCUT2D eigenvalue weighted by atomic mass is 32.1. The lowest BCUT2D eigenvalue weighted by atomic mass is 9.79. The Kier molecular flexibility index (Phi) is 4.22. The fourth-order valence-corrected chi connectivity index (χ4v) is 4.32. The third kappa shape index (κ3) is 2.90. The lowest BCUT2D eigenvalue weighted by Gasteiger charge is -2.34. The Morgan fingerprint density at radius 2 is 2.17 bits per heavy atom. The van der Waals surface area contributed by atoms with Crippen molar-refractivity contribution in [3.63, 3.8) is 0 Å². The molecule has 1 atom stereocenters. The second-order valence-electron chi connectivity index (χ2n) is 6.39. The third-order valence-electron chi connectivity index (χ3n) is 4.77. The van der Waals surface area contributed by atoms with Gasteiger partial charge in [-0.2, -0.15) is 5.10 Å². The van der Waals surface area contributed by atoms with Crippen LogP contribution in [0.2, 0.25) is 0 Å². The molecule has 1 aromatic carbocycles. The zero-order valence-corrected chi connectivity index (χ0v) is 14.3. The van der Waals surface area contributed by atoms with E-state index in [1.54, 1.807) is 11.3 Å². The van der Waals surface area contributed by atoms with Crippen LogP contribution >= 0.6 is 11.3 Å². The van der Waals surface area contributed by atoms with Gasteiger partial charge in [-0.1, -0.05) is 30.3 Å². The minimum atomic E-state index is -0.776. The van der Waals surface area contributed by atoms with Crippen LogP contribution in [0.25, 0.3) is 10.6 Å². The number of aromatic nitrogens is 2. The van der Waals surface area contributed by atoms with Gasteiger partial charge in [-0.25, -0.2) is 0 Å². The van der Waals surface area contributed by atoms with Crippen molar-refractivity contribution in [1.82, 2.24) is 15.5 Å². The van der Waals surface area contributed by atoms with Crippen molar-refractivity contribution in [2.24, 2.45) is 0 Å². The summed E-state index contributed by atoms with van der Waals surface area (Å²) in [5.41, 5.74) is 3.77. The third-order valence-corrected chi connectivity index (χ3v) is 5.66. The van der Waals surface area contributed by atoms with Gasteiger partial charge < -0.3 is 10.4 Å². The molecule has 0 bridgehead atoms. The molecule has 3 aromatic rings. The van der Waals surface area contributed by atoms with Crippen LogP contribution in [0.5, 0.6) is 0 Å². The highest BCUT2D eigenvalue weighted by Crippen LogP contribution is 2.35. The number of nitrogens with one attached hydrogen (secondary N) is 2. The van der Waals surface area contributed by atoms with Gasteiger partial charge >= 0.3 is 0 Å². The Balaban J connectivity index is 1.46. The minimum absolute atomic E-state index is 0.555. The number of benzene rings is 1. The van der Waals surface area contributed by atoms with Gasteiger partial charge in [0, 0.05) is 18.7 Å². The topological polar surface area (TPSA) is 60.9 Å². The van der Waals surface area contributed by atoms with E-state index in [-0.39, 0.29) is 0 Å². The van der Waals surface area contributed by atoms with E-state index in [0.29, 0.717) is 13.1 Å². The number of aryl methyl sites for hydroxylation is 1. The van der Waals surface area contributed by atoms with Crippen molar-refractivity contribution in [3.05, 3.63) is 64.7 Å². The van der Waals surface area contributed by atoms with Crippen molar-refractivity contribution in [3.8, 4) is 10.6 Å². The molecule has 1 aliphatic rings. The first-order valence-electron chi connectivity index (χ1n) is 8.34. The first-order chi connectivity index (χ1) is 11.8. The quantitative estimate of drug-likeness (QED) is 0.667. The number of H-pyrrole nitrogens is 1. The molecule has 2 heterocycles. The standard InChI is InChI=1S/C19H21N3OS/c23-19(9-3-6-14-5-1-2-7-16(14)19)13-20-11-15-12-21-22-18(15)17-8-4-10-24-17/h1-2,4-5,7-8,10,12,20,23H,3,6,9,11,13H2,(H,21,22). The van der Waals surface area contributed by atoms with Gasteiger partial charge in [0.05, 0.1) is 16.8 Å². The van der Waals surface area contributed by atoms with E-state index < -0.39 is 5.60 Å². The van der Waals surface area contributed by atoms with Crippen molar-refractivity contribution in [2.75, 3.05) is 6.54 Å². The fourth-order valence-electron chi connectivity index (χ4n) is 3.57. The van der Waals surface area contributed by atoms with Crippen LogP contribution < -0.4 is 5.32 Å². The Labute approximate surface area is 145 Å². The van der Waals surface area contributed by atoms with E-state index in [1.807, 2.05) is 18.3 Å². The van der Waals surface area contributed by atoms with Crippen molar-refractivity contribution in [2.45, 2.75) is 31.4 Å². The van der Waals surface area contributed by atoms with Crippen molar-refractivity contribution < 1.29 is 5.11 Å². The number of rotatable bonds is 5. The van der Waals surface area contributed by atoms with Gasteiger partial charge in [0.1, 0.15) is 5.60 Å². The van der Waals surface area contributed by atoms with Crippen LogP contribution in [-0.4, -0.2) is 21.8 Å². The molecule has 124 valence electrons. The summed E-state index contributed by atoms with van der Waals surface area (Å²) >= 11 is 1.70. The molecule has 0 saturated heterocycles. The normalized spacial score (nSPS) is 20.0. The maximum absolute atomic E-state index is 11.1. The summed E-state index contributed by atoms with van der Waals surface area (Å²) in [4.78, 5) is 1.19. The minimum Gasteiger partial charge on any atom is -0.384 e. The lowest BCUT2D eigenvalue weighted by Crippen LogP contribution is -2.40. The highest BCUT2D eigenvalue weighted by molar-refractivity contribution is 7.13. The highest BCUT2D eigenvalue weighted by Gasteiger charge is 2.33. The van der Waals surface area contributed by atoms with Crippen LogP contribution in [0.4, 0.5) is 0 Å². The SMILES string of the molecule is OC1(CNCc2cn[nH]c2-c2cccs2)CCCc2ccccc21. The number of thiophene rings is 1. The molecule has 0 aliphatic heterocycles. The Morgan fingerprint density at radius 1 is 1.25 bits per heavy atom. The number of fused-ring (bicyclic) bond motifs is 1. The van der Waals surface area contributed by atoms with Gasteiger partial charge in [-0.3, -0.25) is 5.10 Å². The van der Waals surface area contributed by atoms with Crippen LogP contribution in [0.3, 0.4) is 0 Å². The number of aromatic amines is 1. The Bertz CT molecular complexity index is 812. The largest absolute Gasteiger partial charge is 0.384 e. The summed E-state index contributed by atoms with van der Waals surface area (Å²) in [7, 11) is 0. The van der Waals surface area contributed by atoms with E-state index in [4.69, 9.17) is 0 Å². The smallest absolute Gasteiger partial charge is 0.102 e. The maximum atomic E-state index is 11.1. The molecule has 0 fully saturated rings. The molecule has 3 N–H and O–H groups in total. The van der Waals surface area contributed by atoms with E-state index >= 15 is 0 Å². The molecule has 0 radical (unpaired) electrons. The predicted molar refractivity (Wildman–Crippen MR) is 96.9 cm³/mol. The number of hydrogen-bond acceptors (Lipinski definition) is 4. The predicted octanol–water partition coefficient (Wildman–Crippen LogP) is 3.45. The molecular weight excluding hydrogens is 318 g/mol. The molecule has 0 amide bonds. The zero-order chi connectivity index (χ0) is 16.4. The summed E-state index contributed by atoms with van der Waals surface area (Å²) in [5.74, 6) is 0. The molecule has 0 saturated carbocycles. The van der Waals surface area contributed by atoms with E-state index in [2.05, 4.69) is 45.2 Å². The molecule has 2 aromatic heterocycles. The lowest BCUT2D eigenvalue weighted by molar-refractivity contribution is 0.0189. The Hall–Kier alpha value is -1.95. The molecule has 5 heteroatoms. The number of hydrogen-bond donors (Lipinski definition) is 3. The second kappa shape index (κ2) is 6.51. The van der Waals surface area contributed by atoms with Crippen LogP contribution in [0.1, 0.15) is 29.5 Å². The van der Waals surface area contributed by atoms with Crippen LogP contribution in [0.15, 0.2) is 48.0 Å². The average molecular weight is 339 g/mol. The van der Waals surface area contributed by atoms with Gasteiger partial charge in [0.2, 0.25) is 0 Å². The van der Waals surface area contributed by atoms with E-state index in [9.17, 15) is 5.11 Å². The number of nitrogens with zero attached hydrogens (tertiary/aromatic N) is 1. The van der Waals surface area contributed by atoms with Gasteiger partial charge in [0.25, 0.3) is 0 Å². The molecule has 4 nitrogen and oxygen atoms in total. The molecule has 4 rings (SSSR count). The van der Waals surface area contributed by atoms with E-state index in [1.165, 1.54) is 10.4 Å². The molecular formula is C19H21N3OS.